The van der Waals surface area contributed by atoms with Gasteiger partial charge in [0.2, 0.25) is 5.16 Å². The van der Waals surface area contributed by atoms with Crippen LogP contribution in [0.5, 0.6) is 5.75 Å². The maximum Gasteiger partial charge on any atom is 0.253 e. The Morgan fingerprint density at radius 2 is 1.84 bits per heavy atom. The smallest absolute Gasteiger partial charge is 0.253 e. The quantitative estimate of drug-likeness (QED) is 0.430. The summed E-state index contributed by atoms with van der Waals surface area (Å²) in [6.07, 6.45) is 2.96. The van der Waals surface area contributed by atoms with E-state index in [4.69, 9.17) is 9.72 Å². The van der Waals surface area contributed by atoms with E-state index in [9.17, 15) is 4.79 Å². The van der Waals surface area contributed by atoms with Crippen LogP contribution in [0.15, 0.2) is 59.9 Å². The van der Waals surface area contributed by atoms with Crippen molar-refractivity contribution in [2.24, 2.45) is 0 Å². The van der Waals surface area contributed by atoms with Gasteiger partial charge in [-0.1, -0.05) is 53.7 Å². The number of thioether (sulfide) groups is 1. The second kappa shape index (κ2) is 8.15. The molecule has 1 aliphatic carbocycles. The van der Waals surface area contributed by atoms with Crippen molar-refractivity contribution in [1.82, 2.24) is 19.6 Å². The molecule has 0 N–H and O–H groups in total. The number of methoxy groups -OCH3 is 1. The second-order valence-corrected chi connectivity index (χ2v) is 8.76. The van der Waals surface area contributed by atoms with Crippen molar-refractivity contribution < 1.29 is 9.53 Å². The van der Waals surface area contributed by atoms with Gasteiger partial charge in [-0.05, 0) is 42.5 Å². The number of hydrogen-bond donors (Lipinski definition) is 0. The third-order valence-electron chi connectivity index (χ3n) is 5.64. The zero-order valence-electron chi connectivity index (χ0n) is 17.4. The Labute approximate surface area is 184 Å². The van der Waals surface area contributed by atoms with Crippen molar-refractivity contribution in [2.45, 2.75) is 36.6 Å². The molecule has 0 radical (unpaired) electrons. The van der Waals surface area contributed by atoms with E-state index in [-0.39, 0.29) is 11.7 Å². The van der Waals surface area contributed by atoms with E-state index in [1.807, 2.05) is 24.3 Å². The molecule has 0 amide bonds. The Kier molecular flexibility index (Phi) is 5.19. The highest BCUT2D eigenvalue weighted by molar-refractivity contribution is 7.98. The number of carbonyl (C=O) groups excluding carboxylic acids is 1. The van der Waals surface area contributed by atoms with Crippen LogP contribution in [0, 0.1) is 6.92 Å². The highest BCUT2D eigenvalue weighted by Crippen LogP contribution is 2.33. The lowest BCUT2D eigenvalue weighted by Crippen LogP contribution is -2.21. The van der Waals surface area contributed by atoms with Gasteiger partial charge in [0.1, 0.15) is 5.75 Å². The Morgan fingerprint density at radius 1 is 1.06 bits per heavy atom. The third-order valence-corrected chi connectivity index (χ3v) is 6.55. The van der Waals surface area contributed by atoms with Gasteiger partial charge < -0.3 is 4.74 Å². The predicted molar refractivity (Wildman–Crippen MR) is 120 cm³/mol. The largest absolute Gasteiger partial charge is 0.497 e. The van der Waals surface area contributed by atoms with E-state index in [0.29, 0.717) is 29.3 Å². The molecule has 156 valence electrons. The summed E-state index contributed by atoms with van der Waals surface area (Å²) >= 11 is 1.57. The summed E-state index contributed by atoms with van der Waals surface area (Å²) in [5.41, 5.74) is 5.03. The first kappa shape index (κ1) is 19.8. The van der Waals surface area contributed by atoms with Gasteiger partial charge >= 0.3 is 0 Å². The average Bonchev–Trinajstić information content (AvgIpc) is 3.19. The minimum absolute atomic E-state index is 0.0980. The molecule has 31 heavy (non-hydrogen) atoms. The van der Waals surface area contributed by atoms with E-state index >= 15 is 0 Å². The lowest BCUT2D eigenvalue weighted by molar-refractivity contribution is 0.0962. The highest BCUT2D eigenvalue weighted by Gasteiger charge is 2.28. The van der Waals surface area contributed by atoms with Crippen LogP contribution >= 0.6 is 11.8 Å². The van der Waals surface area contributed by atoms with Crippen molar-refractivity contribution in [1.29, 1.82) is 0 Å². The highest BCUT2D eigenvalue weighted by atomic mass is 32.2. The molecule has 0 saturated heterocycles. The summed E-state index contributed by atoms with van der Waals surface area (Å²) in [6.45, 7) is 2.08. The summed E-state index contributed by atoms with van der Waals surface area (Å²) in [6, 6.07) is 16.4. The number of benzene rings is 2. The first-order valence-corrected chi connectivity index (χ1v) is 11.2. The molecule has 0 saturated carbocycles. The molecule has 2 aromatic carbocycles. The van der Waals surface area contributed by atoms with Gasteiger partial charge in [-0.3, -0.25) is 4.79 Å². The van der Waals surface area contributed by atoms with E-state index < -0.39 is 0 Å². The number of aryl methyl sites for hydroxylation is 1. The molecule has 2 heterocycles. The molecular formula is C24H22N4O2S. The maximum absolute atomic E-state index is 12.8. The van der Waals surface area contributed by atoms with E-state index in [1.165, 1.54) is 11.1 Å². The number of hydrogen-bond acceptors (Lipinski definition) is 6. The zero-order chi connectivity index (χ0) is 21.4. The Balaban J connectivity index is 1.38. The van der Waals surface area contributed by atoms with Crippen LogP contribution in [0.25, 0.3) is 5.78 Å². The van der Waals surface area contributed by atoms with Gasteiger partial charge in [-0.25, -0.2) is 9.50 Å². The molecule has 1 aliphatic rings. The predicted octanol–water partition coefficient (Wildman–Crippen LogP) is 4.65. The van der Waals surface area contributed by atoms with Crippen molar-refractivity contribution in [3.8, 4) is 5.75 Å². The number of nitrogens with zero attached hydrogens (tertiary/aromatic N) is 4. The summed E-state index contributed by atoms with van der Waals surface area (Å²) in [5, 5.41) is 5.19. The van der Waals surface area contributed by atoms with Crippen molar-refractivity contribution >= 4 is 23.3 Å². The van der Waals surface area contributed by atoms with Crippen molar-refractivity contribution in [2.75, 3.05) is 7.11 Å². The van der Waals surface area contributed by atoms with Crippen LogP contribution in [0.3, 0.4) is 0 Å². The van der Waals surface area contributed by atoms with Gasteiger partial charge in [0.05, 0.1) is 18.4 Å². The minimum Gasteiger partial charge on any atom is -0.497 e. The van der Waals surface area contributed by atoms with Gasteiger partial charge in [0.25, 0.3) is 5.78 Å². The van der Waals surface area contributed by atoms with Crippen LogP contribution in [-0.4, -0.2) is 32.5 Å². The van der Waals surface area contributed by atoms with E-state index in [0.717, 1.165) is 22.8 Å². The van der Waals surface area contributed by atoms with Gasteiger partial charge in [-0.2, -0.15) is 4.98 Å². The standard InChI is InChI=1S/C24H22N4O2S/c1-15-3-5-16(6-4-15)14-31-24-26-23-25-21-11-18(17-7-9-19(30-2)10-8-17)12-22(29)20(21)13-28(23)27-24/h3-10,13,18H,11-12,14H2,1-2H3/t18-/m0/s1. The molecule has 5 rings (SSSR count). The summed E-state index contributed by atoms with van der Waals surface area (Å²) in [5.74, 6) is 2.34. The van der Waals surface area contributed by atoms with Crippen LogP contribution in [-0.2, 0) is 12.2 Å². The van der Waals surface area contributed by atoms with Crippen molar-refractivity contribution in [3.05, 3.63) is 82.7 Å². The fraction of sp³-hybridized carbons (Fsp3) is 0.250. The van der Waals surface area contributed by atoms with Gasteiger partial charge in [0, 0.05) is 18.4 Å². The number of carbonyl (C=O) groups is 1. The molecule has 4 aromatic rings. The fourth-order valence-corrected chi connectivity index (χ4v) is 4.65. The minimum atomic E-state index is 0.0980. The van der Waals surface area contributed by atoms with Crippen molar-refractivity contribution in [3.63, 3.8) is 0 Å². The van der Waals surface area contributed by atoms with Gasteiger partial charge in [-0.15, -0.1) is 5.10 Å². The van der Waals surface area contributed by atoms with Crippen LogP contribution < -0.4 is 4.74 Å². The Hall–Kier alpha value is -3.19. The number of aromatic nitrogens is 4. The molecule has 0 spiro atoms. The van der Waals surface area contributed by atoms with E-state index in [1.54, 1.807) is 29.6 Å². The van der Waals surface area contributed by atoms with Crippen LogP contribution in [0.2, 0.25) is 0 Å². The van der Waals surface area contributed by atoms with E-state index in [2.05, 4.69) is 41.3 Å². The average molecular weight is 431 g/mol. The lowest BCUT2D eigenvalue weighted by atomic mass is 9.82. The molecule has 6 nitrogen and oxygen atoms in total. The Morgan fingerprint density at radius 3 is 2.58 bits per heavy atom. The first-order chi connectivity index (χ1) is 15.1. The molecule has 0 bridgehead atoms. The summed E-state index contributed by atoms with van der Waals surface area (Å²) < 4.78 is 6.87. The topological polar surface area (TPSA) is 69.4 Å². The second-order valence-electron chi connectivity index (χ2n) is 7.82. The number of Topliss-reactive ketones (excluding diaryl/α,β-unsaturated/α-hetero) is 1. The molecule has 0 fully saturated rings. The number of ketones is 1. The van der Waals surface area contributed by atoms with Crippen LogP contribution in [0.1, 0.15) is 45.1 Å². The molecule has 0 aliphatic heterocycles. The van der Waals surface area contributed by atoms with Crippen LogP contribution in [0.4, 0.5) is 0 Å². The SMILES string of the molecule is COc1ccc([C@@H]2CC(=O)c3cn4nc(SCc5ccc(C)cc5)nc4nc3C2)cc1. The molecule has 7 heteroatoms. The van der Waals surface area contributed by atoms with Gasteiger partial charge in [0.15, 0.2) is 5.78 Å². The summed E-state index contributed by atoms with van der Waals surface area (Å²) in [7, 11) is 1.65. The molecule has 1 atom stereocenters. The fourth-order valence-electron chi connectivity index (χ4n) is 3.87. The number of fused-ring (bicyclic) bond motifs is 2. The molecular weight excluding hydrogens is 408 g/mol. The molecule has 0 unspecified atom stereocenters. The normalized spacial score (nSPS) is 15.8. The first-order valence-electron chi connectivity index (χ1n) is 10.2. The number of ether oxygens (including phenoxy) is 1. The monoisotopic (exact) mass is 430 g/mol. The third kappa shape index (κ3) is 4.05. The lowest BCUT2D eigenvalue weighted by Gasteiger charge is -2.23. The Bertz CT molecular complexity index is 1250. The molecule has 2 aromatic heterocycles. The maximum atomic E-state index is 12.8. The zero-order valence-corrected chi connectivity index (χ0v) is 18.2. The number of rotatable bonds is 5. The summed E-state index contributed by atoms with van der Waals surface area (Å²) in [4.78, 5) is 22.1.